The molecule has 0 saturated heterocycles. The molecule has 0 fully saturated rings. The molecule has 2 aromatic heterocycles. The minimum absolute atomic E-state index is 0.129. The largest absolute Gasteiger partial charge is 0.457 e. The van der Waals surface area contributed by atoms with Crippen LogP contribution in [0.2, 0.25) is 0 Å². The summed E-state index contributed by atoms with van der Waals surface area (Å²) in [6.45, 7) is 3.88. The molecule has 0 aliphatic rings. The van der Waals surface area contributed by atoms with Gasteiger partial charge in [-0.05, 0) is 68.4 Å². The number of nitrogens with one attached hydrogen (secondary N) is 1. The SMILES string of the molecule is Cc1cc(C)n2c(SCC(=O)Nc3ccc(Oc4ccc(Br)cc4)cc3)nnc2n1. The van der Waals surface area contributed by atoms with Gasteiger partial charge in [-0.2, -0.15) is 0 Å². The van der Waals surface area contributed by atoms with Crippen LogP contribution in [0, 0.1) is 13.8 Å². The number of carbonyl (C=O) groups excluding carboxylic acids is 1. The van der Waals surface area contributed by atoms with Crippen LogP contribution in [0.5, 0.6) is 11.5 Å². The molecule has 4 aromatic rings. The average molecular weight is 484 g/mol. The lowest BCUT2D eigenvalue weighted by molar-refractivity contribution is -0.113. The van der Waals surface area contributed by atoms with Gasteiger partial charge in [0.2, 0.25) is 5.91 Å². The van der Waals surface area contributed by atoms with E-state index in [1.807, 2.05) is 60.7 Å². The van der Waals surface area contributed by atoms with Gasteiger partial charge in [0.15, 0.2) is 5.16 Å². The number of halogens is 1. The highest BCUT2D eigenvalue weighted by atomic mass is 79.9. The number of fused-ring (bicyclic) bond motifs is 1. The topological polar surface area (TPSA) is 81.4 Å². The molecule has 0 aliphatic heterocycles. The maximum Gasteiger partial charge on any atom is 0.256 e. The van der Waals surface area contributed by atoms with Gasteiger partial charge in [-0.25, -0.2) is 4.98 Å². The first kappa shape index (κ1) is 20.4. The summed E-state index contributed by atoms with van der Waals surface area (Å²) in [5, 5.41) is 11.8. The van der Waals surface area contributed by atoms with E-state index >= 15 is 0 Å². The summed E-state index contributed by atoms with van der Waals surface area (Å²) in [5.41, 5.74) is 2.56. The summed E-state index contributed by atoms with van der Waals surface area (Å²) in [6, 6.07) is 16.8. The van der Waals surface area contributed by atoms with E-state index in [2.05, 4.69) is 36.4 Å². The molecule has 0 unspecified atom stereocenters. The monoisotopic (exact) mass is 483 g/mol. The Labute approximate surface area is 186 Å². The summed E-state index contributed by atoms with van der Waals surface area (Å²) in [6.07, 6.45) is 0. The number of thioether (sulfide) groups is 1. The predicted octanol–water partition coefficient (Wildman–Crippen LogP) is 5.03. The van der Waals surface area contributed by atoms with Crippen molar-refractivity contribution in [3.8, 4) is 11.5 Å². The molecule has 0 radical (unpaired) electrons. The van der Waals surface area contributed by atoms with Crippen molar-refractivity contribution < 1.29 is 9.53 Å². The van der Waals surface area contributed by atoms with Gasteiger partial charge < -0.3 is 10.1 Å². The molecule has 0 spiro atoms. The number of ether oxygens (including phenoxy) is 1. The van der Waals surface area contributed by atoms with Gasteiger partial charge in [-0.1, -0.05) is 27.7 Å². The van der Waals surface area contributed by atoms with Gasteiger partial charge in [0.1, 0.15) is 11.5 Å². The van der Waals surface area contributed by atoms with Crippen molar-refractivity contribution in [1.29, 1.82) is 0 Å². The standard InChI is InChI=1S/C21H18BrN5O2S/c1-13-11-14(2)27-20(23-13)25-26-21(27)30-12-19(28)24-16-5-9-18(10-6-16)29-17-7-3-15(22)4-8-17/h3-11H,12H2,1-2H3,(H,24,28). The number of benzene rings is 2. The Morgan fingerprint density at radius 2 is 1.73 bits per heavy atom. The molecule has 30 heavy (non-hydrogen) atoms. The van der Waals surface area contributed by atoms with Crippen molar-refractivity contribution >= 4 is 45.1 Å². The molecule has 152 valence electrons. The fourth-order valence-electron chi connectivity index (χ4n) is 2.87. The number of anilines is 1. The molecule has 7 nitrogen and oxygen atoms in total. The zero-order valence-electron chi connectivity index (χ0n) is 16.3. The second-order valence-electron chi connectivity index (χ2n) is 6.57. The molecule has 0 saturated carbocycles. The third-order valence-electron chi connectivity index (χ3n) is 4.18. The minimum Gasteiger partial charge on any atom is -0.457 e. The number of amides is 1. The van der Waals surface area contributed by atoms with Crippen molar-refractivity contribution in [2.24, 2.45) is 0 Å². The van der Waals surface area contributed by atoms with Crippen molar-refractivity contribution in [2.45, 2.75) is 19.0 Å². The molecule has 1 amide bonds. The van der Waals surface area contributed by atoms with Crippen LogP contribution < -0.4 is 10.1 Å². The second-order valence-corrected chi connectivity index (χ2v) is 8.43. The fraction of sp³-hybridized carbons (Fsp3) is 0.143. The van der Waals surface area contributed by atoms with Gasteiger partial charge in [0.05, 0.1) is 5.75 Å². The Hall–Kier alpha value is -2.91. The Kier molecular flexibility index (Phi) is 6.01. The van der Waals surface area contributed by atoms with Crippen LogP contribution in [-0.4, -0.2) is 31.2 Å². The predicted molar refractivity (Wildman–Crippen MR) is 120 cm³/mol. The lowest BCUT2D eigenvalue weighted by atomic mass is 10.3. The van der Waals surface area contributed by atoms with Crippen molar-refractivity contribution in [3.05, 3.63) is 70.5 Å². The number of rotatable bonds is 6. The van der Waals surface area contributed by atoms with Gasteiger partial charge in [-0.15, -0.1) is 10.2 Å². The first-order valence-corrected chi connectivity index (χ1v) is 10.9. The molecule has 2 heterocycles. The summed E-state index contributed by atoms with van der Waals surface area (Å²) >= 11 is 4.72. The lowest BCUT2D eigenvalue weighted by Crippen LogP contribution is -2.14. The number of aromatic nitrogens is 4. The first-order chi connectivity index (χ1) is 14.5. The van der Waals surface area contributed by atoms with E-state index < -0.39 is 0 Å². The summed E-state index contributed by atoms with van der Waals surface area (Å²) in [4.78, 5) is 16.7. The van der Waals surface area contributed by atoms with E-state index in [4.69, 9.17) is 4.74 Å². The normalized spacial score (nSPS) is 10.9. The maximum atomic E-state index is 12.3. The van der Waals surface area contributed by atoms with Crippen LogP contribution in [0.4, 0.5) is 5.69 Å². The minimum atomic E-state index is -0.129. The van der Waals surface area contributed by atoms with Crippen LogP contribution in [0.3, 0.4) is 0 Å². The van der Waals surface area contributed by atoms with Crippen LogP contribution in [0.1, 0.15) is 11.4 Å². The van der Waals surface area contributed by atoms with Gasteiger partial charge >= 0.3 is 0 Å². The molecule has 4 rings (SSSR count). The zero-order valence-corrected chi connectivity index (χ0v) is 18.7. The van der Waals surface area contributed by atoms with E-state index in [9.17, 15) is 4.79 Å². The lowest BCUT2D eigenvalue weighted by Gasteiger charge is -2.08. The quantitative estimate of drug-likeness (QED) is 0.387. The van der Waals surface area contributed by atoms with Crippen LogP contribution >= 0.6 is 27.7 Å². The van der Waals surface area contributed by atoms with Crippen LogP contribution in [0.25, 0.3) is 5.78 Å². The number of hydrogen-bond acceptors (Lipinski definition) is 6. The molecule has 1 N–H and O–H groups in total. The van der Waals surface area contributed by atoms with Crippen molar-refractivity contribution in [2.75, 3.05) is 11.1 Å². The Morgan fingerprint density at radius 1 is 1.07 bits per heavy atom. The summed E-state index contributed by atoms with van der Waals surface area (Å²) in [5.74, 6) is 2.06. The molecule has 2 aromatic carbocycles. The molecule has 0 bridgehead atoms. The van der Waals surface area contributed by atoms with E-state index in [0.29, 0.717) is 22.4 Å². The maximum absolute atomic E-state index is 12.3. The Bertz CT molecular complexity index is 1190. The van der Waals surface area contributed by atoms with E-state index in [0.717, 1.165) is 21.6 Å². The molecule has 0 aliphatic carbocycles. The fourth-order valence-corrected chi connectivity index (χ4v) is 3.92. The molecular formula is C21H18BrN5O2S. The third kappa shape index (κ3) is 4.80. The van der Waals surface area contributed by atoms with E-state index in [-0.39, 0.29) is 11.7 Å². The highest BCUT2D eigenvalue weighted by Gasteiger charge is 2.12. The second kappa shape index (κ2) is 8.85. The summed E-state index contributed by atoms with van der Waals surface area (Å²) in [7, 11) is 0. The van der Waals surface area contributed by atoms with Gasteiger partial charge in [0, 0.05) is 21.5 Å². The van der Waals surface area contributed by atoms with Crippen LogP contribution in [-0.2, 0) is 4.79 Å². The Morgan fingerprint density at radius 3 is 2.43 bits per heavy atom. The number of nitrogens with zero attached hydrogens (tertiary/aromatic N) is 4. The molecule has 9 heteroatoms. The van der Waals surface area contributed by atoms with E-state index in [1.54, 1.807) is 12.1 Å². The number of hydrogen-bond donors (Lipinski definition) is 1. The zero-order chi connectivity index (χ0) is 21.1. The van der Waals surface area contributed by atoms with Crippen LogP contribution in [0.15, 0.2) is 64.2 Å². The average Bonchev–Trinajstić information content (AvgIpc) is 3.13. The number of aryl methyl sites for hydroxylation is 2. The highest BCUT2D eigenvalue weighted by Crippen LogP contribution is 2.25. The smallest absolute Gasteiger partial charge is 0.256 e. The van der Waals surface area contributed by atoms with Crippen molar-refractivity contribution in [3.63, 3.8) is 0 Å². The summed E-state index contributed by atoms with van der Waals surface area (Å²) < 4.78 is 8.63. The highest BCUT2D eigenvalue weighted by molar-refractivity contribution is 9.10. The van der Waals surface area contributed by atoms with E-state index in [1.165, 1.54) is 11.8 Å². The van der Waals surface area contributed by atoms with Gasteiger partial charge in [-0.3, -0.25) is 9.20 Å². The third-order valence-corrected chi connectivity index (χ3v) is 5.64. The first-order valence-electron chi connectivity index (χ1n) is 9.13. The van der Waals surface area contributed by atoms with Crippen molar-refractivity contribution in [1.82, 2.24) is 19.6 Å². The Balaban J connectivity index is 1.35. The molecular weight excluding hydrogens is 466 g/mol. The van der Waals surface area contributed by atoms with Gasteiger partial charge in [0.25, 0.3) is 5.78 Å². The molecule has 0 atom stereocenters. The number of carbonyl (C=O) groups is 1.